The highest BCUT2D eigenvalue weighted by atomic mass is 127. The minimum Gasteiger partial charge on any atom is -0.465 e. The Balaban J connectivity index is 2.57. The first-order valence-corrected chi connectivity index (χ1v) is 4.22. The lowest BCUT2D eigenvalue weighted by Crippen LogP contribution is -1.60. The van der Waals surface area contributed by atoms with Gasteiger partial charge in [0.25, 0.3) is 0 Å². The van der Waals surface area contributed by atoms with Crippen molar-refractivity contribution >= 4 is 28.7 Å². The molecule has 0 aliphatic carbocycles. The molecule has 0 aliphatic rings. The van der Waals surface area contributed by atoms with E-state index in [0.29, 0.717) is 0 Å². The van der Waals surface area contributed by atoms with Gasteiger partial charge in [0.15, 0.2) is 0 Å². The second kappa shape index (κ2) is 3.71. The number of hydrogen-bond acceptors (Lipinski definition) is 1. The van der Waals surface area contributed by atoms with Gasteiger partial charge in [-0.25, -0.2) is 0 Å². The maximum Gasteiger partial charge on any atom is 0.126 e. The third-order valence-corrected chi connectivity index (χ3v) is 1.42. The minimum absolute atomic E-state index is 0.923. The summed E-state index contributed by atoms with van der Waals surface area (Å²) in [5.41, 5.74) is 0. The van der Waals surface area contributed by atoms with Crippen LogP contribution in [0.4, 0.5) is 0 Å². The molecular weight excluding hydrogens is 227 g/mol. The van der Waals surface area contributed by atoms with Crippen LogP contribution in [0, 0.1) is 0 Å². The second-order valence-corrected chi connectivity index (χ2v) is 2.45. The highest BCUT2D eigenvalue weighted by Crippen LogP contribution is 2.02. The van der Waals surface area contributed by atoms with Crippen molar-refractivity contribution in [3.05, 3.63) is 30.2 Å². The van der Waals surface area contributed by atoms with E-state index in [1.807, 2.05) is 18.2 Å². The molecule has 1 nitrogen and oxygen atoms in total. The molecule has 0 radical (unpaired) electrons. The van der Waals surface area contributed by atoms with E-state index in [0.717, 1.165) is 10.2 Å². The fourth-order valence-corrected chi connectivity index (χ4v) is 0.801. The molecular formula is C7H7IO. The van der Waals surface area contributed by atoms with E-state index >= 15 is 0 Å². The van der Waals surface area contributed by atoms with Gasteiger partial charge in [0.05, 0.1) is 6.26 Å². The third kappa shape index (κ3) is 2.22. The summed E-state index contributed by atoms with van der Waals surface area (Å²) in [7, 11) is 0. The first-order chi connectivity index (χ1) is 4.43. The first-order valence-electron chi connectivity index (χ1n) is 2.69. The summed E-state index contributed by atoms with van der Waals surface area (Å²) in [5, 5.41) is 0. The topological polar surface area (TPSA) is 13.1 Å². The number of halogens is 1. The van der Waals surface area contributed by atoms with E-state index in [4.69, 9.17) is 4.42 Å². The summed E-state index contributed by atoms with van der Waals surface area (Å²) in [6, 6.07) is 3.82. The summed E-state index contributed by atoms with van der Waals surface area (Å²) in [6.45, 7) is 0. The fraction of sp³-hybridized carbons (Fsp3) is 0.143. The lowest BCUT2D eigenvalue weighted by molar-refractivity contribution is 0.557. The molecule has 0 aliphatic heterocycles. The molecule has 0 saturated heterocycles. The maximum atomic E-state index is 5.05. The number of furan rings is 1. The van der Waals surface area contributed by atoms with Crippen molar-refractivity contribution in [3.63, 3.8) is 0 Å². The number of hydrogen-bond donors (Lipinski definition) is 0. The molecule has 0 spiro atoms. The van der Waals surface area contributed by atoms with Gasteiger partial charge in [-0.15, -0.1) is 0 Å². The van der Waals surface area contributed by atoms with Gasteiger partial charge in [-0.3, -0.25) is 0 Å². The molecule has 1 heterocycles. The van der Waals surface area contributed by atoms with Crippen molar-refractivity contribution in [2.24, 2.45) is 0 Å². The Morgan fingerprint density at radius 2 is 2.56 bits per heavy atom. The zero-order chi connectivity index (χ0) is 6.53. The fourth-order valence-electron chi connectivity index (χ4n) is 0.547. The Bertz CT molecular complexity index is 177. The largest absolute Gasteiger partial charge is 0.465 e. The Labute approximate surface area is 67.9 Å². The lowest BCUT2D eigenvalue weighted by Gasteiger charge is -1.78. The third-order valence-electron chi connectivity index (χ3n) is 0.914. The Morgan fingerprint density at radius 1 is 1.67 bits per heavy atom. The van der Waals surface area contributed by atoms with Gasteiger partial charge >= 0.3 is 0 Å². The average molecular weight is 234 g/mol. The summed E-state index contributed by atoms with van der Waals surface area (Å²) in [5.74, 6) is 0.923. The van der Waals surface area contributed by atoms with Crippen LogP contribution in [-0.4, -0.2) is 4.43 Å². The van der Waals surface area contributed by atoms with E-state index in [-0.39, 0.29) is 0 Å². The molecule has 0 aromatic carbocycles. The van der Waals surface area contributed by atoms with Crippen molar-refractivity contribution in [2.75, 3.05) is 4.43 Å². The summed E-state index contributed by atoms with van der Waals surface area (Å²) in [6.07, 6.45) is 5.69. The van der Waals surface area contributed by atoms with Crippen LogP contribution in [0.2, 0.25) is 0 Å². The van der Waals surface area contributed by atoms with Crippen LogP contribution in [0.15, 0.2) is 28.9 Å². The molecule has 1 rings (SSSR count). The van der Waals surface area contributed by atoms with Crippen LogP contribution in [-0.2, 0) is 0 Å². The number of alkyl halides is 1. The standard InChI is InChI=1S/C7H7IO/c8-5-1-3-7-4-2-6-9-7/h1-4,6H,5H2/b3-1+. The molecule has 0 fully saturated rings. The van der Waals surface area contributed by atoms with Crippen LogP contribution in [0.1, 0.15) is 5.76 Å². The molecule has 0 N–H and O–H groups in total. The molecule has 0 amide bonds. The molecule has 0 bridgehead atoms. The van der Waals surface area contributed by atoms with E-state index in [1.165, 1.54) is 0 Å². The maximum absolute atomic E-state index is 5.05. The van der Waals surface area contributed by atoms with Crippen LogP contribution in [0.5, 0.6) is 0 Å². The average Bonchev–Trinajstić information content (AvgIpc) is 2.34. The second-order valence-electron chi connectivity index (χ2n) is 1.57. The van der Waals surface area contributed by atoms with Gasteiger partial charge < -0.3 is 4.42 Å². The zero-order valence-corrected chi connectivity index (χ0v) is 7.04. The quantitative estimate of drug-likeness (QED) is 0.566. The van der Waals surface area contributed by atoms with E-state index in [2.05, 4.69) is 28.7 Å². The van der Waals surface area contributed by atoms with E-state index in [1.54, 1.807) is 6.26 Å². The molecule has 0 saturated carbocycles. The van der Waals surface area contributed by atoms with Crippen molar-refractivity contribution in [1.82, 2.24) is 0 Å². The number of rotatable bonds is 2. The summed E-state index contributed by atoms with van der Waals surface area (Å²) >= 11 is 2.28. The summed E-state index contributed by atoms with van der Waals surface area (Å²) < 4.78 is 6.07. The number of allylic oxidation sites excluding steroid dienone is 1. The van der Waals surface area contributed by atoms with Crippen LogP contribution >= 0.6 is 22.6 Å². The highest BCUT2D eigenvalue weighted by molar-refractivity contribution is 14.1. The highest BCUT2D eigenvalue weighted by Gasteiger charge is 1.83. The molecule has 0 atom stereocenters. The summed E-state index contributed by atoms with van der Waals surface area (Å²) in [4.78, 5) is 0. The lowest BCUT2D eigenvalue weighted by atomic mass is 10.4. The Morgan fingerprint density at radius 3 is 3.11 bits per heavy atom. The van der Waals surface area contributed by atoms with Crippen molar-refractivity contribution in [1.29, 1.82) is 0 Å². The smallest absolute Gasteiger partial charge is 0.126 e. The van der Waals surface area contributed by atoms with Crippen molar-refractivity contribution in [2.45, 2.75) is 0 Å². The molecule has 2 heteroatoms. The normalized spacial score (nSPS) is 10.8. The van der Waals surface area contributed by atoms with Crippen molar-refractivity contribution < 1.29 is 4.42 Å². The molecule has 1 aromatic rings. The monoisotopic (exact) mass is 234 g/mol. The Hall–Kier alpha value is -0.250. The zero-order valence-electron chi connectivity index (χ0n) is 4.88. The first kappa shape index (κ1) is 6.86. The van der Waals surface area contributed by atoms with Gasteiger partial charge in [-0.2, -0.15) is 0 Å². The minimum atomic E-state index is 0.923. The van der Waals surface area contributed by atoms with Crippen molar-refractivity contribution in [3.8, 4) is 0 Å². The van der Waals surface area contributed by atoms with Crippen LogP contribution in [0.3, 0.4) is 0 Å². The molecule has 1 aromatic heterocycles. The van der Waals surface area contributed by atoms with Crippen LogP contribution in [0.25, 0.3) is 6.08 Å². The van der Waals surface area contributed by atoms with Gasteiger partial charge in [0.2, 0.25) is 0 Å². The Kier molecular flexibility index (Phi) is 2.83. The van der Waals surface area contributed by atoms with Gasteiger partial charge in [0, 0.05) is 4.43 Å². The van der Waals surface area contributed by atoms with E-state index < -0.39 is 0 Å². The van der Waals surface area contributed by atoms with Gasteiger partial charge in [-0.05, 0) is 18.2 Å². The predicted molar refractivity (Wildman–Crippen MR) is 46.6 cm³/mol. The molecule has 48 valence electrons. The van der Waals surface area contributed by atoms with Gasteiger partial charge in [-0.1, -0.05) is 28.7 Å². The molecule has 0 unspecified atom stereocenters. The van der Waals surface area contributed by atoms with Crippen LogP contribution < -0.4 is 0 Å². The molecule has 9 heavy (non-hydrogen) atoms. The van der Waals surface area contributed by atoms with E-state index in [9.17, 15) is 0 Å². The SMILES string of the molecule is IC/C=C/c1ccco1. The van der Waals surface area contributed by atoms with Gasteiger partial charge in [0.1, 0.15) is 5.76 Å². The predicted octanol–water partition coefficient (Wildman–Crippen LogP) is 2.73.